The molecule has 0 atom stereocenters. The minimum Gasteiger partial charge on any atom is -0.495 e. The molecule has 0 saturated carbocycles. The number of carbonyl (C=O) groups excluding carboxylic acids is 1. The van der Waals surface area contributed by atoms with Crippen molar-refractivity contribution in [1.82, 2.24) is 9.97 Å². The van der Waals surface area contributed by atoms with E-state index in [1.54, 1.807) is 24.9 Å². The number of hydrogen-bond acceptors (Lipinski definition) is 6. The van der Waals surface area contributed by atoms with Gasteiger partial charge in [0.15, 0.2) is 5.69 Å². The Labute approximate surface area is 102 Å². The lowest BCUT2D eigenvalue weighted by atomic mass is 10.3. The molecule has 0 aliphatic heterocycles. The molecule has 2 aromatic heterocycles. The van der Waals surface area contributed by atoms with E-state index in [1.807, 2.05) is 6.07 Å². The molecule has 0 amide bonds. The van der Waals surface area contributed by atoms with E-state index in [9.17, 15) is 4.79 Å². The van der Waals surface area contributed by atoms with Gasteiger partial charge in [0.2, 0.25) is 0 Å². The quantitative estimate of drug-likeness (QED) is 0.780. The summed E-state index contributed by atoms with van der Waals surface area (Å²) in [6, 6.07) is 1.81. The van der Waals surface area contributed by atoms with Gasteiger partial charge in [-0.2, -0.15) is 0 Å². The minimum atomic E-state index is -0.441. The number of esters is 1. The summed E-state index contributed by atoms with van der Waals surface area (Å²) in [6.45, 7) is 0. The van der Waals surface area contributed by atoms with Gasteiger partial charge < -0.3 is 9.47 Å². The standard InChI is InChI=1S/C11H10N2O3S/c1-15-8-3-7(4-12-5-8)10-13-9(6-17-10)11(14)16-2/h3-6H,1-2H3. The average molecular weight is 250 g/mol. The van der Waals surface area contributed by atoms with Crippen LogP contribution in [0.3, 0.4) is 0 Å². The normalized spacial score (nSPS) is 10.0. The molecule has 5 nitrogen and oxygen atoms in total. The minimum absolute atomic E-state index is 0.301. The Morgan fingerprint density at radius 1 is 1.35 bits per heavy atom. The third kappa shape index (κ3) is 2.42. The zero-order chi connectivity index (χ0) is 12.3. The largest absolute Gasteiger partial charge is 0.495 e. The SMILES string of the molecule is COC(=O)c1csc(-c2cncc(OC)c2)n1. The molecule has 6 heteroatoms. The van der Waals surface area contributed by atoms with Crippen LogP contribution in [0.25, 0.3) is 10.6 Å². The van der Waals surface area contributed by atoms with Gasteiger partial charge in [-0.1, -0.05) is 0 Å². The first-order valence-electron chi connectivity index (χ1n) is 4.78. The molecule has 2 heterocycles. The first-order valence-corrected chi connectivity index (χ1v) is 5.66. The molecule has 0 N–H and O–H groups in total. The van der Waals surface area contributed by atoms with Gasteiger partial charge in [0.1, 0.15) is 10.8 Å². The molecule has 17 heavy (non-hydrogen) atoms. The summed E-state index contributed by atoms with van der Waals surface area (Å²) in [4.78, 5) is 19.5. The van der Waals surface area contributed by atoms with Crippen molar-refractivity contribution in [2.45, 2.75) is 0 Å². The molecular weight excluding hydrogens is 240 g/mol. The Kier molecular flexibility index (Phi) is 3.34. The maximum absolute atomic E-state index is 11.3. The summed E-state index contributed by atoms with van der Waals surface area (Å²) < 4.78 is 9.67. The Bertz CT molecular complexity index is 539. The molecule has 0 aliphatic rings. The second kappa shape index (κ2) is 4.92. The molecule has 88 valence electrons. The number of pyridine rings is 1. The van der Waals surface area contributed by atoms with Crippen LogP contribution in [-0.2, 0) is 4.74 Å². The highest BCUT2D eigenvalue weighted by molar-refractivity contribution is 7.13. The Balaban J connectivity index is 2.33. The third-order valence-corrected chi connectivity index (χ3v) is 2.99. The summed E-state index contributed by atoms with van der Waals surface area (Å²) in [5.74, 6) is 0.209. The van der Waals surface area contributed by atoms with Crippen molar-refractivity contribution in [3.05, 3.63) is 29.5 Å². The molecule has 0 radical (unpaired) electrons. The highest BCUT2D eigenvalue weighted by Gasteiger charge is 2.12. The van der Waals surface area contributed by atoms with Gasteiger partial charge in [0, 0.05) is 17.1 Å². The molecule has 2 aromatic rings. The van der Waals surface area contributed by atoms with E-state index in [0.29, 0.717) is 16.5 Å². The van der Waals surface area contributed by atoms with Crippen molar-refractivity contribution in [3.8, 4) is 16.3 Å². The molecule has 2 rings (SSSR count). The van der Waals surface area contributed by atoms with Crippen molar-refractivity contribution in [1.29, 1.82) is 0 Å². The van der Waals surface area contributed by atoms with Crippen molar-refractivity contribution in [3.63, 3.8) is 0 Å². The number of carbonyl (C=O) groups is 1. The zero-order valence-corrected chi connectivity index (χ0v) is 10.2. The molecule has 0 aliphatic carbocycles. The first kappa shape index (κ1) is 11.5. The van der Waals surface area contributed by atoms with E-state index >= 15 is 0 Å². The maximum Gasteiger partial charge on any atom is 0.357 e. The highest BCUT2D eigenvalue weighted by Crippen LogP contribution is 2.25. The predicted molar refractivity (Wildman–Crippen MR) is 63.2 cm³/mol. The number of ether oxygens (including phenoxy) is 2. The van der Waals surface area contributed by atoms with Crippen LogP contribution in [0.2, 0.25) is 0 Å². The molecular formula is C11H10N2O3S. The van der Waals surface area contributed by atoms with Crippen molar-refractivity contribution >= 4 is 17.3 Å². The molecule has 0 bridgehead atoms. The van der Waals surface area contributed by atoms with Gasteiger partial charge in [-0.15, -0.1) is 11.3 Å². The fraction of sp³-hybridized carbons (Fsp3) is 0.182. The van der Waals surface area contributed by atoms with Crippen LogP contribution in [-0.4, -0.2) is 30.2 Å². The smallest absolute Gasteiger partial charge is 0.357 e. The fourth-order valence-corrected chi connectivity index (χ4v) is 2.02. The molecule has 0 aromatic carbocycles. The zero-order valence-electron chi connectivity index (χ0n) is 9.34. The van der Waals surface area contributed by atoms with Crippen LogP contribution in [0.5, 0.6) is 5.75 Å². The molecule has 0 fully saturated rings. The van der Waals surface area contributed by atoms with Gasteiger partial charge in [-0.05, 0) is 6.07 Å². The fourth-order valence-electron chi connectivity index (χ4n) is 1.25. The van der Waals surface area contributed by atoms with Crippen molar-refractivity contribution in [2.75, 3.05) is 14.2 Å². The third-order valence-electron chi connectivity index (χ3n) is 2.09. The molecule has 0 spiro atoms. The number of nitrogens with zero attached hydrogens (tertiary/aromatic N) is 2. The lowest BCUT2D eigenvalue weighted by Crippen LogP contribution is -2.00. The lowest BCUT2D eigenvalue weighted by Gasteiger charge is -2.00. The van der Waals surface area contributed by atoms with E-state index < -0.39 is 5.97 Å². The van der Waals surface area contributed by atoms with Crippen LogP contribution < -0.4 is 4.74 Å². The number of rotatable bonds is 3. The van der Waals surface area contributed by atoms with E-state index in [-0.39, 0.29) is 0 Å². The van der Waals surface area contributed by atoms with E-state index in [2.05, 4.69) is 14.7 Å². The number of methoxy groups -OCH3 is 2. The molecule has 0 unspecified atom stereocenters. The number of thiazole rings is 1. The van der Waals surface area contributed by atoms with Crippen LogP contribution >= 0.6 is 11.3 Å². The second-order valence-electron chi connectivity index (χ2n) is 3.14. The van der Waals surface area contributed by atoms with Gasteiger partial charge in [-0.3, -0.25) is 4.98 Å². The Morgan fingerprint density at radius 2 is 2.18 bits per heavy atom. The average Bonchev–Trinajstić information content (AvgIpc) is 2.87. The number of hydrogen-bond donors (Lipinski definition) is 0. The van der Waals surface area contributed by atoms with Gasteiger partial charge in [-0.25, -0.2) is 9.78 Å². The molecule has 0 saturated heterocycles. The van der Waals surface area contributed by atoms with E-state index in [0.717, 1.165) is 5.56 Å². The summed E-state index contributed by atoms with van der Waals surface area (Å²) in [6.07, 6.45) is 3.28. The summed E-state index contributed by atoms with van der Waals surface area (Å²) >= 11 is 1.36. The Hall–Kier alpha value is -1.95. The van der Waals surface area contributed by atoms with E-state index in [4.69, 9.17) is 4.74 Å². The monoisotopic (exact) mass is 250 g/mol. The maximum atomic E-state index is 11.3. The van der Waals surface area contributed by atoms with Crippen LogP contribution in [0.1, 0.15) is 10.5 Å². The summed E-state index contributed by atoms with van der Waals surface area (Å²) in [5, 5.41) is 2.36. The number of aromatic nitrogens is 2. The first-order chi connectivity index (χ1) is 8.24. The van der Waals surface area contributed by atoms with Crippen LogP contribution in [0, 0.1) is 0 Å². The van der Waals surface area contributed by atoms with Gasteiger partial charge in [0.05, 0.1) is 20.4 Å². The van der Waals surface area contributed by atoms with Crippen molar-refractivity contribution in [2.24, 2.45) is 0 Å². The van der Waals surface area contributed by atoms with Crippen LogP contribution in [0.4, 0.5) is 0 Å². The van der Waals surface area contributed by atoms with Crippen LogP contribution in [0.15, 0.2) is 23.8 Å². The van der Waals surface area contributed by atoms with Gasteiger partial charge >= 0.3 is 5.97 Å². The Morgan fingerprint density at radius 3 is 2.88 bits per heavy atom. The van der Waals surface area contributed by atoms with E-state index in [1.165, 1.54) is 18.4 Å². The van der Waals surface area contributed by atoms with Gasteiger partial charge in [0.25, 0.3) is 0 Å². The summed E-state index contributed by atoms with van der Waals surface area (Å²) in [5.41, 5.74) is 1.11. The lowest BCUT2D eigenvalue weighted by molar-refractivity contribution is 0.0595. The topological polar surface area (TPSA) is 61.3 Å². The second-order valence-corrected chi connectivity index (χ2v) is 4.00. The highest BCUT2D eigenvalue weighted by atomic mass is 32.1. The van der Waals surface area contributed by atoms with Crippen molar-refractivity contribution < 1.29 is 14.3 Å². The predicted octanol–water partition coefficient (Wildman–Crippen LogP) is 2.00. The summed E-state index contributed by atoms with van der Waals surface area (Å²) in [7, 11) is 2.90.